The minimum absolute atomic E-state index is 0.0688. The standard InChI is InChI=1S/C26H42N4O2/c1-20(2)16-28(3)26(27)14-12-25(13-15-26)19-29(17-22-8-10-23(32-4)11-9-22)24(31)30(25)18-21-6-5-7-21/h8-11,20-21H,5-7,12-19,27H2,1-4H3. The lowest BCUT2D eigenvalue weighted by Gasteiger charge is -2.50. The summed E-state index contributed by atoms with van der Waals surface area (Å²) in [7, 11) is 3.85. The van der Waals surface area contributed by atoms with Gasteiger partial charge >= 0.3 is 6.03 Å². The highest BCUT2D eigenvalue weighted by atomic mass is 16.5. The molecular formula is C26H42N4O2. The van der Waals surface area contributed by atoms with Gasteiger partial charge < -0.3 is 20.3 Å². The van der Waals surface area contributed by atoms with Gasteiger partial charge in [0.05, 0.1) is 18.3 Å². The summed E-state index contributed by atoms with van der Waals surface area (Å²) < 4.78 is 5.29. The molecule has 1 aromatic rings. The fraction of sp³-hybridized carbons (Fsp3) is 0.731. The molecule has 178 valence electrons. The molecule has 0 atom stereocenters. The molecule has 1 spiro atoms. The zero-order valence-corrected chi connectivity index (χ0v) is 20.5. The first kappa shape index (κ1) is 23.4. The lowest BCUT2D eigenvalue weighted by molar-refractivity contribution is 0.00631. The van der Waals surface area contributed by atoms with Crippen LogP contribution < -0.4 is 10.5 Å². The van der Waals surface area contributed by atoms with E-state index in [1.165, 1.54) is 19.3 Å². The molecule has 1 aliphatic heterocycles. The van der Waals surface area contributed by atoms with Gasteiger partial charge in [-0.05, 0) is 75.1 Å². The van der Waals surface area contributed by atoms with Gasteiger partial charge in [0.15, 0.2) is 0 Å². The molecular weight excluding hydrogens is 400 g/mol. The minimum atomic E-state index is -0.260. The molecule has 2 aliphatic carbocycles. The zero-order valence-electron chi connectivity index (χ0n) is 20.5. The van der Waals surface area contributed by atoms with Crippen LogP contribution in [-0.2, 0) is 6.54 Å². The van der Waals surface area contributed by atoms with Gasteiger partial charge in [-0.1, -0.05) is 32.4 Å². The van der Waals surface area contributed by atoms with Crippen molar-refractivity contribution in [2.75, 3.05) is 33.8 Å². The van der Waals surface area contributed by atoms with Gasteiger partial charge in [-0.15, -0.1) is 0 Å². The molecule has 6 nitrogen and oxygen atoms in total. The third kappa shape index (κ3) is 4.62. The van der Waals surface area contributed by atoms with Crippen molar-refractivity contribution in [3.63, 3.8) is 0 Å². The minimum Gasteiger partial charge on any atom is -0.497 e. The highest BCUT2D eigenvalue weighted by Crippen LogP contribution is 2.45. The number of nitrogens with zero attached hydrogens (tertiary/aromatic N) is 3. The van der Waals surface area contributed by atoms with E-state index in [4.69, 9.17) is 10.5 Å². The maximum Gasteiger partial charge on any atom is 0.320 e. The monoisotopic (exact) mass is 442 g/mol. The van der Waals surface area contributed by atoms with E-state index < -0.39 is 0 Å². The molecule has 2 amide bonds. The van der Waals surface area contributed by atoms with Crippen LogP contribution in [0.1, 0.15) is 64.4 Å². The maximum atomic E-state index is 13.6. The molecule has 6 heteroatoms. The van der Waals surface area contributed by atoms with Crippen molar-refractivity contribution < 1.29 is 9.53 Å². The van der Waals surface area contributed by atoms with Crippen LogP contribution in [0.25, 0.3) is 0 Å². The summed E-state index contributed by atoms with van der Waals surface area (Å²) in [5.74, 6) is 2.12. The Morgan fingerprint density at radius 1 is 1.16 bits per heavy atom. The number of rotatable bonds is 8. The normalized spacial score (nSPS) is 28.8. The average Bonchev–Trinajstić information content (AvgIpc) is 2.98. The summed E-state index contributed by atoms with van der Waals surface area (Å²) in [4.78, 5) is 20.3. The Labute approximate surface area is 194 Å². The van der Waals surface area contributed by atoms with Crippen LogP contribution in [0.2, 0.25) is 0 Å². The number of carbonyl (C=O) groups excluding carboxylic acids is 1. The fourth-order valence-electron chi connectivity index (χ4n) is 5.85. The number of hydrogen-bond donors (Lipinski definition) is 1. The molecule has 0 aromatic heterocycles. The quantitative estimate of drug-likeness (QED) is 0.610. The SMILES string of the molecule is COc1ccc(CN2CC3(CCC(N)(N(C)CC(C)C)CC3)N(CC3CCC3)C2=O)cc1. The van der Waals surface area contributed by atoms with E-state index in [-0.39, 0.29) is 17.2 Å². The average molecular weight is 443 g/mol. The summed E-state index contributed by atoms with van der Waals surface area (Å²) in [6, 6.07) is 8.31. The smallest absolute Gasteiger partial charge is 0.320 e. The Bertz CT molecular complexity index is 782. The van der Waals surface area contributed by atoms with Gasteiger partial charge in [-0.2, -0.15) is 0 Å². The van der Waals surface area contributed by atoms with Crippen molar-refractivity contribution in [1.29, 1.82) is 0 Å². The van der Waals surface area contributed by atoms with Crippen LogP contribution in [0, 0.1) is 11.8 Å². The van der Waals surface area contributed by atoms with Crippen LogP contribution in [-0.4, -0.2) is 65.7 Å². The highest BCUT2D eigenvalue weighted by molar-refractivity contribution is 5.78. The summed E-state index contributed by atoms with van der Waals surface area (Å²) in [6.45, 7) is 7.89. The summed E-state index contributed by atoms with van der Waals surface area (Å²) in [5.41, 5.74) is 7.73. The van der Waals surface area contributed by atoms with Gasteiger partial charge in [-0.3, -0.25) is 4.90 Å². The Hall–Kier alpha value is -1.79. The third-order valence-electron chi connectivity index (χ3n) is 8.20. The first-order valence-corrected chi connectivity index (χ1v) is 12.4. The number of amides is 2. The van der Waals surface area contributed by atoms with E-state index in [0.717, 1.165) is 56.6 Å². The number of benzene rings is 1. The van der Waals surface area contributed by atoms with Crippen molar-refractivity contribution >= 4 is 6.03 Å². The predicted octanol–water partition coefficient (Wildman–Crippen LogP) is 4.29. The van der Waals surface area contributed by atoms with Gasteiger partial charge in [0, 0.05) is 26.2 Å². The second kappa shape index (κ2) is 9.22. The number of ether oxygens (including phenoxy) is 1. The van der Waals surface area contributed by atoms with Crippen LogP contribution >= 0.6 is 0 Å². The van der Waals surface area contributed by atoms with E-state index in [1.807, 2.05) is 12.1 Å². The summed E-state index contributed by atoms with van der Waals surface area (Å²) >= 11 is 0. The number of hydrogen-bond acceptors (Lipinski definition) is 4. The van der Waals surface area contributed by atoms with E-state index in [9.17, 15) is 4.79 Å². The molecule has 3 fully saturated rings. The number of urea groups is 1. The van der Waals surface area contributed by atoms with Crippen molar-refractivity contribution in [2.24, 2.45) is 17.6 Å². The Morgan fingerprint density at radius 2 is 1.81 bits per heavy atom. The lowest BCUT2D eigenvalue weighted by atomic mass is 9.74. The first-order chi connectivity index (χ1) is 15.2. The molecule has 4 rings (SSSR count). The molecule has 2 saturated carbocycles. The number of methoxy groups -OCH3 is 1. The van der Waals surface area contributed by atoms with Gasteiger partial charge in [0.2, 0.25) is 0 Å². The second-order valence-electron chi connectivity index (χ2n) is 11.0. The molecule has 2 N–H and O–H groups in total. The van der Waals surface area contributed by atoms with Crippen molar-refractivity contribution in [3.8, 4) is 5.75 Å². The number of carbonyl (C=O) groups is 1. The van der Waals surface area contributed by atoms with E-state index >= 15 is 0 Å². The summed E-state index contributed by atoms with van der Waals surface area (Å²) in [5, 5.41) is 0. The first-order valence-electron chi connectivity index (χ1n) is 12.4. The molecule has 0 unspecified atom stereocenters. The van der Waals surface area contributed by atoms with Crippen LogP contribution in [0.4, 0.5) is 4.79 Å². The van der Waals surface area contributed by atoms with Crippen molar-refractivity contribution in [2.45, 2.75) is 76.5 Å². The molecule has 1 aromatic carbocycles. The molecule has 1 saturated heterocycles. The van der Waals surface area contributed by atoms with Crippen molar-refractivity contribution in [1.82, 2.24) is 14.7 Å². The molecule has 1 heterocycles. The van der Waals surface area contributed by atoms with E-state index in [1.54, 1.807) is 7.11 Å². The number of nitrogens with two attached hydrogens (primary N) is 1. The Morgan fingerprint density at radius 3 is 2.34 bits per heavy atom. The molecule has 32 heavy (non-hydrogen) atoms. The third-order valence-corrected chi connectivity index (χ3v) is 8.20. The molecule has 0 radical (unpaired) electrons. The topological polar surface area (TPSA) is 62.0 Å². The zero-order chi connectivity index (χ0) is 22.9. The Balaban J connectivity index is 1.49. The summed E-state index contributed by atoms with van der Waals surface area (Å²) in [6.07, 6.45) is 7.70. The predicted molar refractivity (Wildman–Crippen MR) is 128 cm³/mol. The largest absolute Gasteiger partial charge is 0.497 e. The van der Waals surface area contributed by atoms with Crippen LogP contribution in [0.5, 0.6) is 5.75 Å². The fourth-order valence-corrected chi connectivity index (χ4v) is 5.85. The van der Waals surface area contributed by atoms with Gasteiger partial charge in [-0.25, -0.2) is 4.79 Å². The van der Waals surface area contributed by atoms with Gasteiger partial charge in [0.25, 0.3) is 0 Å². The van der Waals surface area contributed by atoms with Gasteiger partial charge in [0.1, 0.15) is 5.75 Å². The van der Waals surface area contributed by atoms with Crippen LogP contribution in [0.3, 0.4) is 0 Å². The van der Waals surface area contributed by atoms with E-state index in [0.29, 0.717) is 18.4 Å². The Kier molecular flexibility index (Phi) is 6.73. The molecule has 0 bridgehead atoms. The molecule has 3 aliphatic rings. The van der Waals surface area contributed by atoms with Crippen molar-refractivity contribution in [3.05, 3.63) is 29.8 Å². The van der Waals surface area contributed by atoms with Crippen LogP contribution in [0.15, 0.2) is 24.3 Å². The van der Waals surface area contributed by atoms with E-state index in [2.05, 4.69) is 47.7 Å². The second-order valence-corrected chi connectivity index (χ2v) is 11.0. The maximum absolute atomic E-state index is 13.6. The lowest BCUT2D eigenvalue weighted by Crippen LogP contribution is -2.62. The highest BCUT2D eigenvalue weighted by Gasteiger charge is 2.54.